The molecule has 0 saturated carbocycles. The van der Waals surface area contributed by atoms with Gasteiger partial charge in [0.2, 0.25) is 5.91 Å². The quantitative estimate of drug-likeness (QED) is 0.445. The maximum Gasteiger partial charge on any atom is 0.216 e. The summed E-state index contributed by atoms with van der Waals surface area (Å²) in [6.07, 6.45) is 8.69. The van der Waals surface area contributed by atoms with Gasteiger partial charge in [-0.15, -0.1) is 0 Å². The van der Waals surface area contributed by atoms with E-state index >= 15 is 0 Å². The van der Waals surface area contributed by atoms with E-state index in [9.17, 15) is 4.79 Å². The number of unbranched alkanes of at least 4 members (excludes halogenated alkanes) is 5. The third kappa shape index (κ3) is 10.0. The van der Waals surface area contributed by atoms with Gasteiger partial charge in [-0.05, 0) is 37.0 Å². The Labute approximate surface area is 176 Å². The maximum atomic E-state index is 11.0. The highest BCUT2D eigenvalue weighted by Crippen LogP contribution is 2.20. The summed E-state index contributed by atoms with van der Waals surface area (Å²) in [6.45, 7) is 3.72. The summed E-state index contributed by atoms with van der Waals surface area (Å²) in [6, 6.07) is 18.9. The van der Waals surface area contributed by atoms with Crippen LogP contribution in [-0.4, -0.2) is 32.7 Å². The first-order chi connectivity index (χ1) is 14.1. The zero-order chi connectivity index (χ0) is 20.7. The molecule has 0 fully saturated rings. The minimum Gasteiger partial charge on any atom is -0.494 e. The Morgan fingerprint density at radius 3 is 2.41 bits per heavy atom. The molecule has 4 nitrogen and oxygen atoms in total. The summed E-state index contributed by atoms with van der Waals surface area (Å²) in [5.41, 5.74) is 2.55. The second-order valence-electron chi connectivity index (χ2n) is 7.61. The van der Waals surface area contributed by atoms with Gasteiger partial charge in [-0.1, -0.05) is 62.1 Å². The van der Waals surface area contributed by atoms with Gasteiger partial charge < -0.3 is 15.0 Å². The van der Waals surface area contributed by atoms with Gasteiger partial charge in [-0.2, -0.15) is 0 Å². The van der Waals surface area contributed by atoms with Crippen LogP contribution in [0.3, 0.4) is 0 Å². The van der Waals surface area contributed by atoms with Gasteiger partial charge in [0.25, 0.3) is 0 Å². The number of anilines is 1. The smallest absolute Gasteiger partial charge is 0.216 e. The third-order valence-corrected chi connectivity index (χ3v) is 5.05. The maximum absolute atomic E-state index is 11.0. The molecule has 2 rings (SSSR count). The van der Waals surface area contributed by atoms with Crippen molar-refractivity contribution < 1.29 is 9.53 Å². The number of rotatable bonds is 14. The first kappa shape index (κ1) is 22.8. The number of likely N-dealkylation sites (N-methyl/N-ethyl adjacent to an activating group) is 1. The second-order valence-corrected chi connectivity index (χ2v) is 7.61. The molecular weight excluding hydrogens is 360 g/mol. The van der Waals surface area contributed by atoms with E-state index in [4.69, 9.17) is 4.74 Å². The molecule has 0 atom stereocenters. The predicted octanol–water partition coefficient (Wildman–Crippen LogP) is 5.22. The number of amides is 1. The largest absolute Gasteiger partial charge is 0.494 e. The Bertz CT molecular complexity index is 703. The number of benzene rings is 2. The average Bonchev–Trinajstić information content (AvgIpc) is 2.73. The lowest BCUT2D eigenvalue weighted by atomic mass is 10.1. The summed E-state index contributed by atoms with van der Waals surface area (Å²) in [4.78, 5) is 13.1. The summed E-state index contributed by atoms with van der Waals surface area (Å²) in [5.74, 6) is 0.920. The van der Waals surface area contributed by atoms with E-state index in [1.165, 1.54) is 44.1 Å². The van der Waals surface area contributed by atoms with Crippen LogP contribution in [0.5, 0.6) is 5.75 Å². The van der Waals surface area contributed by atoms with Gasteiger partial charge >= 0.3 is 0 Å². The standard InChI is InChI=1S/C25H36N2O2/c1-22(28)26-18-19-27(2)24-16-12-17-25(21-24)29-20-11-6-4-3-5-8-13-23-14-9-7-10-15-23/h7,9-10,12,14-17,21H,3-6,8,11,13,18-20H2,1-2H3,(H,26,28). The molecule has 0 aliphatic carbocycles. The normalized spacial score (nSPS) is 10.6. The lowest BCUT2D eigenvalue weighted by Gasteiger charge is -2.20. The first-order valence-electron chi connectivity index (χ1n) is 10.9. The number of aryl methyl sites for hydroxylation is 1. The fourth-order valence-electron chi connectivity index (χ4n) is 3.31. The Hall–Kier alpha value is -2.49. The van der Waals surface area contributed by atoms with Crippen molar-refractivity contribution in [2.75, 3.05) is 31.6 Å². The Balaban J connectivity index is 1.53. The number of carbonyl (C=O) groups excluding carboxylic acids is 1. The highest BCUT2D eigenvalue weighted by molar-refractivity contribution is 5.72. The molecule has 0 spiro atoms. The zero-order valence-corrected chi connectivity index (χ0v) is 18.0. The van der Waals surface area contributed by atoms with E-state index in [2.05, 4.69) is 52.7 Å². The van der Waals surface area contributed by atoms with Crippen LogP contribution in [0.2, 0.25) is 0 Å². The molecule has 0 aliphatic heterocycles. The molecule has 0 unspecified atom stereocenters. The van der Waals surface area contributed by atoms with E-state index in [1.807, 2.05) is 19.2 Å². The number of ether oxygens (including phenoxy) is 1. The highest BCUT2D eigenvalue weighted by Gasteiger charge is 2.03. The van der Waals surface area contributed by atoms with Crippen molar-refractivity contribution in [1.82, 2.24) is 5.32 Å². The number of carbonyl (C=O) groups is 1. The van der Waals surface area contributed by atoms with Crippen LogP contribution >= 0.6 is 0 Å². The fraction of sp³-hybridized carbons (Fsp3) is 0.480. The lowest BCUT2D eigenvalue weighted by molar-refractivity contribution is -0.118. The predicted molar refractivity (Wildman–Crippen MR) is 122 cm³/mol. The molecule has 0 bridgehead atoms. The fourth-order valence-corrected chi connectivity index (χ4v) is 3.31. The van der Waals surface area contributed by atoms with Crippen LogP contribution in [0.4, 0.5) is 5.69 Å². The second kappa shape index (κ2) is 13.6. The molecule has 1 N–H and O–H groups in total. The van der Waals surface area contributed by atoms with Crippen LogP contribution in [0.25, 0.3) is 0 Å². The number of hydrogen-bond acceptors (Lipinski definition) is 3. The zero-order valence-electron chi connectivity index (χ0n) is 18.0. The molecule has 0 radical (unpaired) electrons. The average molecular weight is 397 g/mol. The van der Waals surface area contributed by atoms with Crippen molar-refractivity contribution in [3.8, 4) is 5.75 Å². The Morgan fingerprint density at radius 1 is 0.931 bits per heavy atom. The van der Waals surface area contributed by atoms with Crippen LogP contribution in [-0.2, 0) is 11.2 Å². The molecule has 158 valence electrons. The van der Waals surface area contributed by atoms with Crippen molar-refractivity contribution >= 4 is 11.6 Å². The molecule has 0 aromatic heterocycles. The van der Waals surface area contributed by atoms with Gasteiger partial charge in [-0.3, -0.25) is 4.79 Å². The minimum atomic E-state index is 0.00618. The molecule has 0 saturated heterocycles. The summed E-state index contributed by atoms with van der Waals surface area (Å²) in [5, 5.41) is 2.82. The summed E-state index contributed by atoms with van der Waals surface area (Å²) < 4.78 is 5.93. The Kier molecular flexibility index (Phi) is 10.7. The molecule has 2 aromatic carbocycles. The molecule has 0 aliphatic rings. The van der Waals surface area contributed by atoms with E-state index in [0.717, 1.165) is 31.0 Å². The number of nitrogens with zero attached hydrogens (tertiary/aromatic N) is 1. The molecule has 2 aromatic rings. The summed E-state index contributed by atoms with van der Waals surface area (Å²) in [7, 11) is 2.03. The van der Waals surface area contributed by atoms with Crippen molar-refractivity contribution in [2.45, 2.75) is 51.9 Å². The summed E-state index contributed by atoms with van der Waals surface area (Å²) >= 11 is 0. The van der Waals surface area contributed by atoms with Crippen molar-refractivity contribution in [3.05, 3.63) is 60.2 Å². The van der Waals surface area contributed by atoms with Gasteiger partial charge in [-0.25, -0.2) is 0 Å². The molecule has 1 amide bonds. The number of nitrogens with one attached hydrogen (secondary N) is 1. The molecule has 0 heterocycles. The first-order valence-corrected chi connectivity index (χ1v) is 10.9. The van der Waals surface area contributed by atoms with Gasteiger partial charge in [0.15, 0.2) is 0 Å². The topological polar surface area (TPSA) is 41.6 Å². The SMILES string of the molecule is CC(=O)NCCN(C)c1cccc(OCCCCCCCCc2ccccc2)c1. The van der Waals surface area contributed by atoms with Gasteiger partial charge in [0.05, 0.1) is 6.61 Å². The van der Waals surface area contributed by atoms with Crippen molar-refractivity contribution in [2.24, 2.45) is 0 Å². The lowest BCUT2D eigenvalue weighted by Crippen LogP contribution is -2.31. The van der Waals surface area contributed by atoms with Crippen molar-refractivity contribution in [3.63, 3.8) is 0 Å². The van der Waals surface area contributed by atoms with Gasteiger partial charge in [0.1, 0.15) is 5.75 Å². The highest BCUT2D eigenvalue weighted by atomic mass is 16.5. The monoisotopic (exact) mass is 396 g/mol. The number of hydrogen-bond donors (Lipinski definition) is 1. The molecule has 29 heavy (non-hydrogen) atoms. The van der Waals surface area contributed by atoms with Crippen LogP contribution in [0.15, 0.2) is 54.6 Å². The van der Waals surface area contributed by atoms with Crippen molar-refractivity contribution in [1.29, 1.82) is 0 Å². The van der Waals surface area contributed by atoms with Crippen LogP contribution < -0.4 is 15.0 Å². The minimum absolute atomic E-state index is 0.00618. The molecule has 4 heteroatoms. The third-order valence-electron chi connectivity index (χ3n) is 5.05. The van der Waals surface area contributed by atoms with Crippen LogP contribution in [0, 0.1) is 0 Å². The van der Waals surface area contributed by atoms with E-state index < -0.39 is 0 Å². The Morgan fingerprint density at radius 2 is 1.66 bits per heavy atom. The van der Waals surface area contributed by atoms with Gasteiger partial charge in [0, 0.05) is 38.8 Å². The van der Waals surface area contributed by atoms with Crippen LogP contribution in [0.1, 0.15) is 51.0 Å². The van der Waals surface area contributed by atoms with E-state index in [0.29, 0.717) is 6.54 Å². The molecular formula is C25H36N2O2. The van der Waals surface area contributed by atoms with E-state index in [-0.39, 0.29) is 5.91 Å². The van der Waals surface area contributed by atoms with E-state index in [1.54, 1.807) is 6.92 Å².